The minimum atomic E-state index is -3.96. The molecule has 162 valence electrons. The first-order valence-corrected chi connectivity index (χ1v) is 11.2. The fourth-order valence-electron chi connectivity index (χ4n) is 3.01. The molecule has 30 heavy (non-hydrogen) atoms. The van der Waals surface area contributed by atoms with Crippen LogP contribution in [0.15, 0.2) is 48.5 Å². The van der Waals surface area contributed by atoms with Crippen LogP contribution >= 0.6 is 0 Å². The van der Waals surface area contributed by atoms with Gasteiger partial charge in [-0.1, -0.05) is 36.4 Å². The molecule has 0 saturated carbocycles. The third-order valence-corrected chi connectivity index (χ3v) is 5.94. The third-order valence-electron chi connectivity index (χ3n) is 4.82. The van der Waals surface area contributed by atoms with Crippen molar-refractivity contribution in [1.82, 2.24) is 10.2 Å². The lowest BCUT2D eigenvalue weighted by atomic mass is 10.1. The molecule has 2 amide bonds. The molecule has 2 rings (SSSR count). The van der Waals surface area contributed by atoms with Crippen molar-refractivity contribution in [2.24, 2.45) is 0 Å². The molecular weight excluding hydrogens is 409 g/mol. The Morgan fingerprint density at radius 2 is 1.70 bits per heavy atom. The molecule has 1 atom stereocenters. The Morgan fingerprint density at radius 1 is 1.10 bits per heavy atom. The number of carbonyl (C=O) groups excluding carboxylic acids is 2. The van der Waals surface area contributed by atoms with Gasteiger partial charge in [-0.15, -0.1) is 0 Å². The van der Waals surface area contributed by atoms with Crippen LogP contribution in [0, 0.1) is 12.7 Å². The van der Waals surface area contributed by atoms with Crippen LogP contribution in [0.3, 0.4) is 0 Å². The number of sulfonamides is 1. The molecule has 9 heteroatoms. The van der Waals surface area contributed by atoms with E-state index in [1.807, 2.05) is 31.2 Å². The molecule has 0 radical (unpaired) electrons. The molecule has 7 nitrogen and oxygen atoms in total. The summed E-state index contributed by atoms with van der Waals surface area (Å²) >= 11 is 0. The summed E-state index contributed by atoms with van der Waals surface area (Å²) in [5.74, 6) is -1.78. The number of anilines is 1. The predicted molar refractivity (Wildman–Crippen MR) is 114 cm³/mol. The maximum Gasteiger partial charge on any atom is 0.244 e. The first-order valence-electron chi connectivity index (χ1n) is 9.34. The Morgan fingerprint density at radius 3 is 2.27 bits per heavy atom. The topological polar surface area (TPSA) is 86.8 Å². The molecule has 0 aliphatic rings. The zero-order chi connectivity index (χ0) is 22.5. The standard InChI is InChI=1S/C21H26FN3O4S/c1-15-9-5-6-10-17(15)13-24(16(2)21(27)23-3)20(26)14-25(30(4,28)29)19-12-8-7-11-18(19)22/h5-12,16H,13-14H2,1-4H3,(H,23,27)/t16-/m0/s1. The van der Waals surface area contributed by atoms with Crippen molar-refractivity contribution in [3.8, 4) is 0 Å². The summed E-state index contributed by atoms with van der Waals surface area (Å²) in [5, 5.41) is 2.50. The average Bonchev–Trinajstić information content (AvgIpc) is 2.70. The van der Waals surface area contributed by atoms with Gasteiger partial charge in [-0.25, -0.2) is 12.8 Å². The normalized spacial score (nSPS) is 12.2. The third kappa shape index (κ3) is 5.56. The number of amides is 2. The molecule has 0 heterocycles. The molecule has 0 unspecified atom stereocenters. The molecule has 0 aromatic heterocycles. The van der Waals surface area contributed by atoms with E-state index in [1.54, 1.807) is 6.92 Å². The zero-order valence-corrected chi connectivity index (χ0v) is 18.2. The van der Waals surface area contributed by atoms with Gasteiger partial charge in [0.15, 0.2) is 0 Å². The molecule has 0 spiro atoms. The number of aryl methyl sites for hydroxylation is 1. The number of halogens is 1. The van der Waals surface area contributed by atoms with Crippen LogP contribution in [0.1, 0.15) is 18.1 Å². The second-order valence-corrected chi connectivity index (χ2v) is 8.87. The predicted octanol–water partition coefficient (Wildman–Crippen LogP) is 2.06. The molecular formula is C21H26FN3O4S. The van der Waals surface area contributed by atoms with Gasteiger partial charge in [0.2, 0.25) is 21.8 Å². The molecule has 0 bridgehead atoms. The maximum absolute atomic E-state index is 14.3. The van der Waals surface area contributed by atoms with Crippen molar-refractivity contribution in [3.05, 3.63) is 65.5 Å². The fraction of sp³-hybridized carbons (Fsp3) is 0.333. The smallest absolute Gasteiger partial charge is 0.244 e. The van der Waals surface area contributed by atoms with Gasteiger partial charge in [-0.2, -0.15) is 0 Å². The van der Waals surface area contributed by atoms with Crippen molar-refractivity contribution in [2.75, 3.05) is 24.2 Å². The molecule has 2 aromatic carbocycles. The summed E-state index contributed by atoms with van der Waals surface area (Å²) in [4.78, 5) is 26.7. The summed E-state index contributed by atoms with van der Waals surface area (Å²) in [7, 11) is -2.50. The van der Waals surface area contributed by atoms with Crippen LogP contribution in [-0.4, -0.2) is 51.0 Å². The van der Waals surface area contributed by atoms with Crippen LogP contribution in [0.2, 0.25) is 0 Å². The molecule has 1 N–H and O–H groups in total. The molecule has 0 aliphatic carbocycles. The van der Waals surface area contributed by atoms with E-state index in [0.717, 1.165) is 23.4 Å². The largest absolute Gasteiger partial charge is 0.357 e. The Balaban J connectivity index is 2.41. The van der Waals surface area contributed by atoms with E-state index < -0.39 is 40.2 Å². The number of benzene rings is 2. The number of nitrogens with one attached hydrogen (secondary N) is 1. The van der Waals surface area contributed by atoms with Crippen LogP contribution < -0.4 is 9.62 Å². The van der Waals surface area contributed by atoms with E-state index in [-0.39, 0.29) is 12.2 Å². The van der Waals surface area contributed by atoms with Crippen LogP contribution in [-0.2, 0) is 26.2 Å². The van der Waals surface area contributed by atoms with Crippen molar-refractivity contribution in [1.29, 1.82) is 0 Å². The highest BCUT2D eigenvalue weighted by Crippen LogP contribution is 2.22. The van der Waals surface area contributed by atoms with E-state index in [1.165, 1.54) is 30.1 Å². The molecule has 0 aliphatic heterocycles. The van der Waals surface area contributed by atoms with Crippen molar-refractivity contribution in [3.63, 3.8) is 0 Å². The monoisotopic (exact) mass is 435 g/mol. The van der Waals surface area contributed by atoms with Crippen LogP contribution in [0.25, 0.3) is 0 Å². The summed E-state index contributed by atoms with van der Waals surface area (Å²) in [5.41, 5.74) is 1.52. The van der Waals surface area contributed by atoms with Gasteiger partial charge in [0.1, 0.15) is 18.4 Å². The SMILES string of the molecule is CNC(=O)[C@H](C)N(Cc1ccccc1C)C(=O)CN(c1ccccc1F)S(C)(=O)=O. The molecule has 0 fully saturated rings. The number of para-hydroxylation sites is 1. The molecule has 0 saturated heterocycles. The summed E-state index contributed by atoms with van der Waals surface area (Å²) in [6, 6.07) is 11.9. The number of rotatable bonds is 8. The lowest BCUT2D eigenvalue weighted by molar-refractivity contribution is -0.139. The Hall–Kier alpha value is -2.94. The van der Waals surface area contributed by atoms with E-state index in [4.69, 9.17) is 0 Å². The van der Waals surface area contributed by atoms with Crippen LogP contribution in [0.5, 0.6) is 0 Å². The maximum atomic E-state index is 14.3. The van der Waals surface area contributed by atoms with Gasteiger partial charge in [-0.05, 0) is 37.1 Å². The summed E-state index contributed by atoms with van der Waals surface area (Å²) < 4.78 is 39.6. The minimum Gasteiger partial charge on any atom is -0.357 e. The highest BCUT2D eigenvalue weighted by molar-refractivity contribution is 7.92. The first-order chi connectivity index (χ1) is 14.1. The quantitative estimate of drug-likeness (QED) is 0.688. The second-order valence-electron chi connectivity index (χ2n) is 6.96. The van der Waals surface area contributed by atoms with Gasteiger partial charge in [-0.3, -0.25) is 13.9 Å². The summed E-state index contributed by atoms with van der Waals surface area (Å²) in [6.07, 6.45) is 0.903. The van der Waals surface area contributed by atoms with E-state index >= 15 is 0 Å². The summed E-state index contributed by atoms with van der Waals surface area (Å²) in [6.45, 7) is 2.91. The number of likely N-dealkylation sites (N-methyl/N-ethyl adjacent to an activating group) is 1. The fourth-order valence-corrected chi connectivity index (χ4v) is 3.86. The Kier molecular flexibility index (Phi) is 7.55. The van der Waals surface area contributed by atoms with Crippen molar-refractivity contribution in [2.45, 2.75) is 26.4 Å². The Labute approximate surface area is 176 Å². The van der Waals surface area contributed by atoms with Gasteiger partial charge in [0.05, 0.1) is 11.9 Å². The van der Waals surface area contributed by atoms with Gasteiger partial charge < -0.3 is 10.2 Å². The van der Waals surface area contributed by atoms with E-state index in [2.05, 4.69) is 5.32 Å². The van der Waals surface area contributed by atoms with Gasteiger partial charge in [0.25, 0.3) is 0 Å². The highest BCUT2D eigenvalue weighted by Gasteiger charge is 2.30. The number of hydrogen-bond donors (Lipinski definition) is 1. The van der Waals surface area contributed by atoms with Crippen molar-refractivity contribution < 1.29 is 22.4 Å². The van der Waals surface area contributed by atoms with Crippen LogP contribution in [0.4, 0.5) is 10.1 Å². The minimum absolute atomic E-state index is 0.106. The van der Waals surface area contributed by atoms with Gasteiger partial charge >= 0.3 is 0 Å². The lowest BCUT2D eigenvalue weighted by Gasteiger charge is -2.31. The van der Waals surface area contributed by atoms with E-state index in [0.29, 0.717) is 4.31 Å². The lowest BCUT2D eigenvalue weighted by Crippen LogP contribution is -2.50. The number of hydrogen-bond acceptors (Lipinski definition) is 4. The Bertz CT molecular complexity index is 1030. The van der Waals surface area contributed by atoms with Gasteiger partial charge in [0, 0.05) is 13.6 Å². The number of carbonyl (C=O) groups is 2. The molecule has 2 aromatic rings. The van der Waals surface area contributed by atoms with Crippen molar-refractivity contribution >= 4 is 27.5 Å². The highest BCUT2D eigenvalue weighted by atomic mass is 32.2. The average molecular weight is 436 g/mol. The zero-order valence-electron chi connectivity index (χ0n) is 17.4. The first kappa shape index (κ1) is 23.3. The van der Waals surface area contributed by atoms with E-state index in [9.17, 15) is 22.4 Å². The number of nitrogens with zero attached hydrogens (tertiary/aromatic N) is 2. The second kappa shape index (κ2) is 9.71.